The van der Waals surface area contributed by atoms with Crippen LogP contribution in [0.25, 0.3) is 28.3 Å². The Labute approximate surface area is 281 Å². The van der Waals surface area contributed by atoms with Gasteiger partial charge in [-0.25, -0.2) is 8.78 Å². The second-order valence-corrected chi connectivity index (χ2v) is 14.0. The van der Waals surface area contributed by atoms with Crippen molar-refractivity contribution in [2.75, 3.05) is 26.3 Å². The summed E-state index contributed by atoms with van der Waals surface area (Å²) in [6, 6.07) is 12.0. The molecule has 1 amide bonds. The van der Waals surface area contributed by atoms with Gasteiger partial charge < -0.3 is 28.4 Å². The third-order valence-electron chi connectivity index (χ3n) is 8.19. The minimum Gasteiger partial charge on any atom is -0.460 e. The molecule has 2 aliphatic rings. The molecule has 10 heteroatoms. The summed E-state index contributed by atoms with van der Waals surface area (Å²) < 4.78 is 53.9. The lowest BCUT2D eigenvalue weighted by Gasteiger charge is -2.39. The molecule has 2 atom stereocenters. The summed E-state index contributed by atoms with van der Waals surface area (Å²) in [5.74, 6) is -2.28. The van der Waals surface area contributed by atoms with Crippen molar-refractivity contribution in [1.29, 1.82) is 0 Å². The molecular formula is C38H46F2N2O6. The summed E-state index contributed by atoms with van der Waals surface area (Å²) in [6.45, 7) is 14.8. The van der Waals surface area contributed by atoms with Gasteiger partial charge in [0.1, 0.15) is 22.9 Å². The Kier molecular flexibility index (Phi) is 10.6. The lowest BCUT2D eigenvalue weighted by molar-refractivity contribution is -0.290. The molecule has 0 bridgehead atoms. The predicted octanol–water partition coefficient (Wildman–Crippen LogP) is 7.81. The first-order valence-corrected chi connectivity index (χ1v) is 16.5. The fourth-order valence-electron chi connectivity index (χ4n) is 6.40. The molecule has 0 radical (unpaired) electrons. The van der Waals surface area contributed by atoms with Crippen molar-refractivity contribution in [1.82, 2.24) is 9.47 Å². The summed E-state index contributed by atoms with van der Waals surface area (Å²) in [5.41, 5.74) is 3.23. The summed E-state index contributed by atoms with van der Waals surface area (Å²) in [6.07, 6.45) is 3.44. The summed E-state index contributed by atoms with van der Waals surface area (Å²) in [4.78, 5) is 29.0. The number of aromatic nitrogens is 1. The number of amides is 1. The molecule has 0 saturated carbocycles. The van der Waals surface area contributed by atoms with Gasteiger partial charge in [0, 0.05) is 42.4 Å². The van der Waals surface area contributed by atoms with E-state index in [0.717, 1.165) is 0 Å². The highest BCUT2D eigenvalue weighted by Gasteiger charge is 2.37. The van der Waals surface area contributed by atoms with E-state index >= 15 is 0 Å². The van der Waals surface area contributed by atoms with Gasteiger partial charge in [-0.2, -0.15) is 0 Å². The van der Waals surface area contributed by atoms with E-state index in [9.17, 15) is 18.4 Å². The van der Waals surface area contributed by atoms with E-state index in [0.29, 0.717) is 66.4 Å². The van der Waals surface area contributed by atoms with Crippen LogP contribution in [0.3, 0.4) is 0 Å². The number of morpholine rings is 1. The molecule has 2 aromatic carbocycles. The molecule has 0 spiro atoms. The molecule has 48 heavy (non-hydrogen) atoms. The number of carbonyl (C=O) groups is 2. The smallest absolute Gasteiger partial charge is 0.308 e. The van der Waals surface area contributed by atoms with Crippen LogP contribution in [0.4, 0.5) is 8.78 Å². The first-order chi connectivity index (χ1) is 22.6. The predicted molar refractivity (Wildman–Crippen MR) is 180 cm³/mol. The minimum atomic E-state index is -0.976. The van der Waals surface area contributed by atoms with Gasteiger partial charge in [0.2, 0.25) is 0 Å². The first-order valence-electron chi connectivity index (χ1n) is 16.5. The Morgan fingerprint density at radius 1 is 0.938 bits per heavy atom. The molecule has 3 heterocycles. The van der Waals surface area contributed by atoms with Gasteiger partial charge in [-0.05, 0) is 89.9 Å². The lowest BCUT2D eigenvalue weighted by atomic mass is 9.94. The number of hydrogen-bond acceptors (Lipinski definition) is 6. The molecule has 1 aromatic heterocycles. The number of carbonyl (C=O) groups excluding carboxylic acids is 2. The Hall–Kier alpha value is -3.86. The Balaban J connectivity index is 1.66. The number of rotatable bonds is 8. The van der Waals surface area contributed by atoms with Crippen molar-refractivity contribution >= 4 is 18.0 Å². The van der Waals surface area contributed by atoms with Gasteiger partial charge in [0.25, 0.3) is 5.91 Å². The molecule has 0 N–H and O–H groups in total. The third kappa shape index (κ3) is 8.40. The van der Waals surface area contributed by atoms with Crippen molar-refractivity contribution < 1.29 is 37.3 Å². The van der Waals surface area contributed by atoms with Gasteiger partial charge in [-0.3, -0.25) is 9.59 Å². The molecule has 3 aromatic rings. The molecular weight excluding hydrogens is 618 g/mol. The van der Waals surface area contributed by atoms with Crippen LogP contribution in [0.2, 0.25) is 0 Å². The van der Waals surface area contributed by atoms with Crippen LogP contribution in [0.1, 0.15) is 83.5 Å². The van der Waals surface area contributed by atoms with E-state index in [2.05, 4.69) is 0 Å². The van der Waals surface area contributed by atoms with Crippen LogP contribution in [-0.2, 0) is 23.7 Å². The van der Waals surface area contributed by atoms with Crippen molar-refractivity contribution in [2.24, 2.45) is 0 Å². The molecule has 2 saturated heterocycles. The fraction of sp³-hybridized carbons (Fsp3) is 0.474. The summed E-state index contributed by atoms with van der Waals surface area (Å²) >= 11 is 0. The van der Waals surface area contributed by atoms with Crippen molar-refractivity contribution in [3.63, 3.8) is 0 Å². The summed E-state index contributed by atoms with van der Waals surface area (Å²) in [7, 11) is 0. The minimum absolute atomic E-state index is 0.0739. The SMILES string of the molecule is CC(C)n1c(/C=C/[C@@H]2C[C@H](CC(=O)OC(C)(C)C)OC(C)(C)O2)c(-c2ccc(F)cc2)c(-c2ccc(F)cc2)c1C(=O)N1CCOCC1. The topological polar surface area (TPSA) is 79.2 Å². The number of benzene rings is 2. The van der Waals surface area contributed by atoms with Crippen LogP contribution < -0.4 is 0 Å². The van der Waals surface area contributed by atoms with Crippen LogP contribution in [-0.4, -0.2) is 71.2 Å². The normalized spacial score (nSPS) is 20.0. The zero-order valence-corrected chi connectivity index (χ0v) is 28.8. The Morgan fingerprint density at radius 3 is 2.04 bits per heavy atom. The van der Waals surface area contributed by atoms with Gasteiger partial charge in [0.05, 0.1) is 31.8 Å². The van der Waals surface area contributed by atoms with E-state index in [1.54, 1.807) is 29.2 Å². The standard InChI is InChI=1S/C38H46F2N2O6/c1-24(2)42-31(17-16-29-22-30(47-38(6,7)46-29)23-32(43)48-37(3,4)5)33(25-8-12-27(39)13-9-25)34(26-10-14-28(40)15-11-26)35(42)36(44)41-18-20-45-21-19-41/h8-17,24,29-30H,18-23H2,1-7H3/b17-16+/t29-,30-/m1/s1. The number of esters is 1. The number of nitrogens with zero attached hydrogens (tertiary/aromatic N) is 2. The van der Waals surface area contributed by atoms with Crippen LogP contribution >= 0.6 is 0 Å². The molecule has 8 nitrogen and oxygen atoms in total. The van der Waals surface area contributed by atoms with Gasteiger partial charge in [-0.15, -0.1) is 0 Å². The zero-order chi connectivity index (χ0) is 34.8. The van der Waals surface area contributed by atoms with Gasteiger partial charge in [0.15, 0.2) is 5.79 Å². The quantitative estimate of drug-likeness (QED) is 0.229. The molecule has 0 aliphatic carbocycles. The highest BCUT2D eigenvalue weighted by atomic mass is 19.1. The highest BCUT2D eigenvalue weighted by molar-refractivity contribution is 6.06. The maximum Gasteiger partial charge on any atom is 0.308 e. The summed E-state index contributed by atoms with van der Waals surface area (Å²) in [5, 5.41) is 0. The Morgan fingerprint density at radius 2 is 1.50 bits per heavy atom. The monoisotopic (exact) mass is 664 g/mol. The van der Waals surface area contributed by atoms with E-state index in [-0.39, 0.29) is 30.2 Å². The highest BCUT2D eigenvalue weighted by Crippen LogP contribution is 2.43. The number of ether oxygens (including phenoxy) is 4. The van der Waals surface area contributed by atoms with Gasteiger partial charge >= 0.3 is 5.97 Å². The number of hydrogen-bond donors (Lipinski definition) is 0. The number of halogens is 2. The molecule has 2 fully saturated rings. The van der Waals surface area contributed by atoms with Crippen LogP contribution in [0.5, 0.6) is 0 Å². The lowest BCUT2D eigenvalue weighted by Crippen LogP contribution is -2.45. The van der Waals surface area contributed by atoms with E-state index in [1.165, 1.54) is 24.3 Å². The molecule has 0 unspecified atom stereocenters. The van der Waals surface area contributed by atoms with Crippen molar-refractivity contribution in [3.05, 3.63) is 77.6 Å². The van der Waals surface area contributed by atoms with E-state index in [1.807, 2.05) is 65.2 Å². The molecule has 5 rings (SSSR count). The molecule has 258 valence electrons. The third-order valence-corrected chi connectivity index (χ3v) is 8.19. The van der Waals surface area contributed by atoms with Crippen molar-refractivity contribution in [3.8, 4) is 22.3 Å². The van der Waals surface area contributed by atoms with E-state index in [4.69, 9.17) is 18.9 Å². The second kappa shape index (κ2) is 14.3. The average molecular weight is 665 g/mol. The molecule has 2 aliphatic heterocycles. The van der Waals surface area contributed by atoms with Gasteiger partial charge in [-0.1, -0.05) is 30.3 Å². The average Bonchev–Trinajstić information content (AvgIpc) is 3.34. The largest absolute Gasteiger partial charge is 0.460 e. The fourth-order valence-corrected chi connectivity index (χ4v) is 6.40. The maximum absolute atomic E-state index is 14.5. The van der Waals surface area contributed by atoms with E-state index < -0.39 is 29.4 Å². The Bertz CT molecular complexity index is 1630. The zero-order valence-electron chi connectivity index (χ0n) is 28.8. The maximum atomic E-state index is 14.5. The van der Waals surface area contributed by atoms with Crippen LogP contribution in [0, 0.1) is 11.6 Å². The second-order valence-electron chi connectivity index (χ2n) is 14.0. The first kappa shape index (κ1) is 35.4. The van der Waals surface area contributed by atoms with Crippen molar-refractivity contribution in [2.45, 2.75) is 90.9 Å². The van der Waals surface area contributed by atoms with Crippen LogP contribution in [0.15, 0.2) is 54.6 Å².